The lowest BCUT2D eigenvalue weighted by Crippen LogP contribution is -2.58. The molecule has 10 rings (SSSR count). The fourth-order valence-electron chi connectivity index (χ4n) is 12.1. The first-order valence-corrected chi connectivity index (χ1v) is 19.7. The average molecular weight is 602 g/mol. The summed E-state index contributed by atoms with van der Waals surface area (Å²) in [5.74, 6) is 5.84. The lowest BCUT2D eigenvalue weighted by molar-refractivity contribution is 0.0195. The molecule has 0 aliphatic heterocycles. The zero-order valence-corrected chi connectivity index (χ0v) is 28.1. The third kappa shape index (κ3) is 4.73. The van der Waals surface area contributed by atoms with Gasteiger partial charge in [-0.05, 0) is 173 Å². The Kier molecular flexibility index (Phi) is 6.94. The van der Waals surface area contributed by atoms with Gasteiger partial charge in [0.1, 0.15) is 0 Å². The van der Waals surface area contributed by atoms with Crippen LogP contribution >= 0.6 is 7.92 Å². The van der Waals surface area contributed by atoms with Gasteiger partial charge in [-0.3, -0.25) is 0 Å². The summed E-state index contributed by atoms with van der Waals surface area (Å²) in [5, 5.41) is 2.74. The largest absolute Gasteiger partial charge is 0.242 e. The van der Waals surface area contributed by atoms with Gasteiger partial charge in [0.25, 0.3) is 0 Å². The molecule has 1 N–H and O–H groups in total. The van der Waals surface area contributed by atoms with Crippen molar-refractivity contribution in [2.75, 3.05) is 0 Å². The summed E-state index contributed by atoms with van der Waals surface area (Å²) >= 11 is 0. The molecule has 8 fully saturated rings. The van der Waals surface area contributed by atoms with Crippen molar-refractivity contribution in [3.05, 3.63) is 65.2 Å². The first-order chi connectivity index (χ1) is 20.1. The molecular formula is C38H52NOPS. The molecule has 1 unspecified atom stereocenters. The molecule has 8 aliphatic rings. The molecule has 0 radical (unpaired) electrons. The maximum absolute atomic E-state index is 13.9. The van der Waals surface area contributed by atoms with Gasteiger partial charge in [0, 0.05) is 0 Å². The average Bonchev–Trinajstić information content (AvgIpc) is 2.90. The van der Waals surface area contributed by atoms with Crippen LogP contribution in [0.5, 0.6) is 0 Å². The van der Waals surface area contributed by atoms with Crippen LogP contribution in [0.15, 0.2) is 48.5 Å². The Morgan fingerprint density at radius 1 is 0.690 bits per heavy atom. The molecule has 4 heteroatoms. The summed E-state index contributed by atoms with van der Waals surface area (Å²) in [6.07, 6.45) is 18.1. The van der Waals surface area contributed by atoms with E-state index in [1.165, 1.54) is 93.7 Å². The Hall–Kier alpha value is -1.02. The molecule has 0 spiro atoms. The van der Waals surface area contributed by atoms with Crippen LogP contribution in [-0.4, -0.2) is 19.3 Å². The molecule has 2 nitrogen and oxygen atoms in total. The summed E-state index contributed by atoms with van der Waals surface area (Å²) in [4.78, 5) is 0. The molecule has 8 bridgehead atoms. The van der Waals surface area contributed by atoms with E-state index in [1.54, 1.807) is 5.30 Å². The topological polar surface area (TPSA) is 29.1 Å². The maximum Gasteiger partial charge on any atom is 0.0979 e. The van der Waals surface area contributed by atoms with Crippen LogP contribution in [0, 0.1) is 42.4 Å². The van der Waals surface area contributed by atoms with E-state index in [0.29, 0.717) is 10.3 Å². The Labute approximate surface area is 259 Å². The minimum atomic E-state index is -1.16. The van der Waals surface area contributed by atoms with Crippen LogP contribution in [-0.2, 0) is 11.0 Å². The van der Waals surface area contributed by atoms with Crippen LogP contribution in [0.4, 0.5) is 0 Å². The highest BCUT2D eigenvalue weighted by atomic mass is 32.2. The first-order valence-electron chi connectivity index (χ1n) is 17.2. The van der Waals surface area contributed by atoms with Crippen LogP contribution in [0.25, 0.3) is 0 Å². The number of nitrogens with one attached hydrogen (secondary N) is 1. The SMILES string of the molecule is Cc1ccccc1[C@@H](NS(=O)C(C)(C)C)c1ccccc1P(C12CC3CC(CC(C3)C1)C2)C12CC3CC(CC(C3)C1)C2. The summed E-state index contributed by atoms with van der Waals surface area (Å²) in [6.45, 7) is 8.56. The van der Waals surface area contributed by atoms with E-state index in [1.807, 2.05) is 0 Å². The summed E-state index contributed by atoms with van der Waals surface area (Å²) in [7, 11) is -1.51. The van der Waals surface area contributed by atoms with Crippen molar-refractivity contribution in [3.8, 4) is 0 Å². The van der Waals surface area contributed by atoms with Crippen molar-refractivity contribution in [3.63, 3.8) is 0 Å². The van der Waals surface area contributed by atoms with Crippen LogP contribution in [0.2, 0.25) is 0 Å². The lowest BCUT2D eigenvalue weighted by atomic mass is 9.55. The van der Waals surface area contributed by atoms with Crippen molar-refractivity contribution in [2.45, 2.75) is 126 Å². The molecule has 0 amide bonds. The molecule has 2 aromatic rings. The normalized spacial score (nSPS) is 40.3. The molecule has 0 aromatic heterocycles. The molecule has 8 saturated carbocycles. The van der Waals surface area contributed by atoms with E-state index >= 15 is 0 Å². The quantitative estimate of drug-likeness (QED) is 0.315. The van der Waals surface area contributed by atoms with Gasteiger partial charge in [0.15, 0.2) is 0 Å². The van der Waals surface area contributed by atoms with Crippen LogP contribution in [0.1, 0.15) is 121 Å². The fraction of sp³-hybridized carbons (Fsp3) is 0.684. The number of hydrogen-bond donors (Lipinski definition) is 1. The zero-order valence-electron chi connectivity index (χ0n) is 26.4. The van der Waals surface area contributed by atoms with E-state index in [4.69, 9.17) is 0 Å². The molecule has 42 heavy (non-hydrogen) atoms. The molecule has 226 valence electrons. The highest BCUT2D eigenvalue weighted by Crippen LogP contribution is 2.78. The second kappa shape index (κ2) is 10.3. The standard InChI is InChI=1S/C38H52NOPS/c1-25-9-5-6-10-32(25)35(39-42(40)36(2,3)4)33-11-7-8-12-34(33)41(37-19-26-13-27(20-37)15-28(14-26)21-37)38-22-29-16-30(23-38)18-31(17-29)24-38/h5-12,26-31,35,39H,13-24H2,1-4H3/t26?,27?,28?,29?,30?,31?,35-,37?,38?,41?,42?/m1/s1. The minimum Gasteiger partial charge on any atom is -0.242 e. The Bertz CT molecular complexity index is 1260. The van der Waals surface area contributed by atoms with Gasteiger partial charge in [-0.25, -0.2) is 8.93 Å². The minimum absolute atomic E-state index is 0.0460. The van der Waals surface area contributed by atoms with Crippen LogP contribution < -0.4 is 10.0 Å². The van der Waals surface area contributed by atoms with E-state index in [-0.39, 0.29) is 18.7 Å². The first kappa shape index (κ1) is 28.5. The molecule has 8 aliphatic carbocycles. The highest BCUT2D eigenvalue weighted by Gasteiger charge is 2.63. The lowest BCUT2D eigenvalue weighted by Gasteiger charge is -2.67. The van der Waals surface area contributed by atoms with Gasteiger partial charge in [0.2, 0.25) is 0 Å². The number of benzene rings is 2. The Morgan fingerprint density at radius 3 is 1.52 bits per heavy atom. The monoisotopic (exact) mass is 601 g/mol. The van der Waals surface area contributed by atoms with E-state index < -0.39 is 11.0 Å². The second-order valence-electron chi connectivity index (χ2n) is 17.0. The van der Waals surface area contributed by atoms with Gasteiger partial charge >= 0.3 is 0 Å². The van der Waals surface area contributed by atoms with Crippen molar-refractivity contribution >= 4 is 24.2 Å². The molecule has 0 saturated heterocycles. The summed E-state index contributed by atoms with van der Waals surface area (Å²) in [6, 6.07) is 18.5. The Morgan fingerprint density at radius 2 is 1.10 bits per heavy atom. The Balaban J connectivity index is 1.31. The van der Waals surface area contributed by atoms with E-state index in [9.17, 15) is 4.21 Å². The van der Waals surface area contributed by atoms with Crippen molar-refractivity contribution < 1.29 is 4.21 Å². The fourth-order valence-corrected chi connectivity index (χ4v) is 18.3. The van der Waals surface area contributed by atoms with Gasteiger partial charge in [-0.1, -0.05) is 56.5 Å². The number of rotatable bonds is 7. The molecule has 2 aromatic carbocycles. The number of hydrogen-bond acceptors (Lipinski definition) is 1. The molecular weight excluding hydrogens is 549 g/mol. The highest BCUT2D eigenvalue weighted by molar-refractivity contribution is 7.84. The van der Waals surface area contributed by atoms with E-state index in [0.717, 1.165) is 35.5 Å². The summed E-state index contributed by atoms with van der Waals surface area (Å²) < 4.78 is 17.3. The van der Waals surface area contributed by atoms with Gasteiger partial charge < -0.3 is 0 Å². The van der Waals surface area contributed by atoms with Gasteiger partial charge in [-0.2, -0.15) is 0 Å². The maximum atomic E-state index is 13.9. The number of aryl methyl sites for hydroxylation is 1. The zero-order chi connectivity index (χ0) is 28.9. The van der Waals surface area contributed by atoms with Crippen molar-refractivity contribution in [1.29, 1.82) is 0 Å². The van der Waals surface area contributed by atoms with Crippen molar-refractivity contribution in [1.82, 2.24) is 4.72 Å². The van der Waals surface area contributed by atoms with Gasteiger partial charge in [0.05, 0.1) is 21.8 Å². The van der Waals surface area contributed by atoms with Crippen molar-refractivity contribution in [2.24, 2.45) is 35.5 Å². The predicted molar refractivity (Wildman–Crippen MR) is 179 cm³/mol. The third-order valence-electron chi connectivity index (χ3n) is 12.7. The molecule has 2 atom stereocenters. The van der Waals surface area contributed by atoms with Gasteiger partial charge in [-0.15, -0.1) is 0 Å². The second-order valence-corrected chi connectivity index (χ2v) is 22.0. The van der Waals surface area contributed by atoms with E-state index in [2.05, 4.69) is 80.9 Å². The third-order valence-corrected chi connectivity index (χ3v) is 18.2. The summed E-state index contributed by atoms with van der Waals surface area (Å²) in [5.41, 5.74) is 4.04. The smallest absolute Gasteiger partial charge is 0.0979 e. The molecule has 0 heterocycles. The predicted octanol–water partition coefficient (Wildman–Crippen LogP) is 9.18. The van der Waals surface area contributed by atoms with Crippen LogP contribution in [0.3, 0.4) is 0 Å².